The fraction of sp³-hybridized carbons (Fsp3) is 0.923. The van der Waals surface area contributed by atoms with Gasteiger partial charge >= 0.3 is 0 Å². The van der Waals surface area contributed by atoms with E-state index in [1.165, 1.54) is 25.7 Å². The number of nitriles is 1. The van der Waals surface area contributed by atoms with Gasteiger partial charge in [-0.15, -0.1) is 0 Å². The van der Waals surface area contributed by atoms with E-state index in [-0.39, 0.29) is 5.92 Å². The first-order valence-electron chi connectivity index (χ1n) is 6.49. The monoisotopic (exact) mass is 224 g/mol. The van der Waals surface area contributed by atoms with Crippen LogP contribution in [0.2, 0.25) is 0 Å². The second-order valence-corrected chi connectivity index (χ2v) is 4.70. The summed E-state index contributed by atoms with van der Waals surface area (Å²) < 4.78 is 5.60. The first kappa shape index (κ1) is 13.5. The van der Waals surface area contributed by atoms with Crippen LogP contribution in [0, 0.1) is 17.2 Å². The van der Waals surface area contributed by atoms with Gasteiger partial charge in [0.05, 0.1) is 18.1 Å². The molecule has 0 spiro atoms. The molecule has 0 aromatic heterocycles. The van der Waals surface area contributed by atoms with Crippen LogP contribution >= 0.6 is 0 Å². The summed E-state index contributed by atoms with van der Waals surface area (Å²) in [6.07, 6.45) is 5.34. The van der Waals surface area contributed by atoms with Crippen molar-refractivity contribution in [3.8, 4) is 6.07 Å². The topological polar surface area (TPSA) is 36.3 Å². The van der Waals surface area contributed by atoms with Crippen molar-refractivity contribution < 1.29 is 4.74 Å². The Balaban J connectivity index is 2.10. The molecule has 3 heteroatoms. The normalized spacial score (nSPS) is 22.2. The summed E-state index contributed by atoms with van der Waals surface area (Å²) in [6, 6.07) is 2.29. The maximum Gasteiger partial charge on any atom is 0.0666 e. The first-order chi connectivity index (χ1) is 7.76. The lowest BCUT2D eigenvalue weighted by Gasteiger charge is -2.22. The van der Waals surface area contributed by atoms with E-state index < -0.39 is 0 Å². The van der Waals surface area contributed by atoms with E-state index >= 15 is 0 Å². The molecule has 0 saturated carbocycles. The van der Waals surface area contributed by atoms with Crippen molar-refractivity contribution >= 4 is 0 Å². The SMILES string of the molecule is CCN(CCCC1CCCO1)CC(C)C#N. The Kier molecular flexibility index (Phi) is 6.44. The standard InChI is InChI=1S/C13H24N2O/c1-3-15(11-12(2)10-14)8-4-6-13-7-5-9-16-13/h12-13H,3-9,11H2,1-2H3. The summed E-state index contributed by atoms with van der Waals surface area (Å²) in [4.78, 5) is 2.36. The van der Waals surface area contributed by atoms with Gasteiger partial charge in [-0.25, -0.2) is 0 Å². The summed E-state index contributed by atoms with van der Waals surface area (Å²) in [5.41, 5.74) is 0. The van der Waals surface area contributed by atoms with E-state index in [0.29, 0.717) is 6.10 Å². The lowest BCUT2D eigenvalue weighted by molar-refractivity contribution is 0.0986. The molecule has 1 heterocycles. The molecule has 2 atom stereocenters. The molecule has 1 saturated heterocycles. The largest absolute Gasteiger partial charge is 0.378 e. The van der Waals surface area contributed by atoms with Gasteiger partial charge in [0.15, 0.2) is 0 Å². The molecule has 0 N–H and O–H groups in total. The van der Waals surface area contributed by atoms with Gasteiger partial charge < -0.3 is 9.64 Å². The van der Waals surface area contributed by atoms with Crippen LogP contribution in [0.3, 0.4) is 0 Å². The highest BCUT2D eigenvalue weighted by atomic mass is 16.5. The zero-order valence-electron chi connectivity index (χ0n) is 10.6. The number of hydrogen-bond donors (Lipinski definition) is 0. The third-order valence-corrected chi connectivity index (χ3v) is 3.22. The van der Waals surface area contributed by atoms with Gasteiger partial charge in [-0.1, -0.05) is 6.92 Å². The van der Waals surface area contributed by atoms with Crippen LogP contribution in [0.25, 0.3) is 0 Å². The zero-order chi connectivity index (χ0) is 11.8. The van der Waals surface area contributed by atoms with E-state index in [2.05, 4.69) is 17.9 Å². The molecule has 0 aromatic rings. The molecule has 0 bridgehead atoms. The van der Waals surface area contributed by atoms with Crippen molar-refractivity contribution in [3.05, 3.63) is 0 Å². The number of ether oxygens (including phenoxy) is 1. The second kappa shape index (κ2) is 7.65. The van der Waals surface area contributed by atoms with Gasteiger partial charge in [-0.05, 0) is 45.7 Å². The van der Waals surface area contributed by atoms with Gasteiger partial charge in [0, 0.05) is 13.2 Å². The predicted octanol–water partition coefficient (Wildman–Crippen LogP) is 2.43. The zero-order valence-corrected chi connectivity index (χ0v) is 10.6. The van der Waals surface area contributed by atoms with Crippen molar-refractivity contribution in [2.75, 3.05) is 26.2 Å². The average Bonchev–Trinajstić information content (AvgIpc) is 2.80. The van der Waals surface area contributed by atoms with Crippen LogP contribution in [-0.2, 0) is 4.74 Å². The lowest BCUT2D eigenvalue weighted by Crippen LogP contribution is -2.29. The summed E-state index contributed by atoms with van der Waals surface area (Å²) in [5.74, 6) is 0.141. The third-order valence-electron chi connectivity index (χ3n) is 3.22. The minimum absolute atomic E-state index is 0.141. The maximum absolute atomic E-state index is 8.78. The number of rotatable bonds is 7. The van der Waals surface area contributed by atoms with Crippen molar-refractivity contribution in [3.63, 3.8) is 0 Å². The molecule has 1 aliphatic heterocycles. The summed E-state index contributed by atoms with van der Waals surface area (Å²) in [5, 5.41) is 8.78. The van der Waals surface area contributed by atoms with Crippen molar-refractivity contribution in [2.24, 2.45) is 5.92 Å². The number of nitrogens with zero attached hydrogens (tertiary/aromatic N) is 2. The van der Waals surface area contributed by atoms with Gasteiger partial charge in [-0.3, -0.25) is 0 Å². The molecule has 3 nitrogen and oxygen atoms in total. The molecule has 1 rings (SSSR count). The Bertz CT molecular complexity index is 218. The van der Waals surface area contributed by atoms with E-state index in [4.69, 9.17) is 10.00 Å². The maximum atomic E-state index is 8.78. The van der Waals surface area contributed by atoms with Gasteiger partial charge in [0.1, 0.15) is 0 Å². The van der Waals surface area contributed by atoms with Gasteiger partial charge in [0.2, 0.25) is 0 Å². The highest BCUT2D eigenvalue weighted by molar-refractivity contribution is 4.81. The van der Waals surface area contributed by atoms with Gasteiger partial charge in [0.25, 0.3) is 0 Å². The van der Waals surface area contributed by atoms with Crippen molar-refractivity contribution in [1.29, 1.82) is 5.26 Å². The van der Waals surface area contributed by atoms with E-state index in [9.17, 15) is 0 Å². The molecule has 0 amide bonds. The van der Waals surface area contributed by atoms with Crippen LogP contribution in [0.5, 0.6) is 0 Å². The van der Waals surface area contributed by atoms with Gasteiger partial charge in [-0.2, -0.15) is 5.26 Å². The molecule has 1 aliphatic rings. The molecule has 92 valence electrons. The van der Waals surface area contributed by atoms with Crippen molar-refractivity contribution in [1.82, 2.24) is 4.90 Å². The van der Waals surface area contributed by atoms with E-state index in [1.807, 2.05) is 6.92 Å². The predicted molar refractivity (Wildman–Crippen MR) is 65.1 cm³/mol. The molecule has 2 unspecified atom stereocenters. The molecular formula is C13H24N2O. The molecule has 0 radical (unpaired) electrons. The van der Waals surface area contributed by atoms with Crippen LogP contribution in [0.15, 0.2) is 0 Å². The summed E-state index contributed by atoms with van der Waals surface area (Å²) in [7, 11) is 0. The lowest BCUT2D eigenvalue weighted by atomic mass is 10.1. The quantitative estimate of drug-likeness (QED) is 0.666. The first-order valence-corrected chi connectivity index (χ1v) is 6.49. The molecular weight excluding hydrogens is 200 g/mol. The summed E-state index contributed by atoms with van der Waals surface area (Å²) in [6.45, 7) is 8.14. The molecule has 0 aliphatic carbocycles. The van der Waals surface area contributed by atoms with Crippen LogP contribution < -0.4 is 0 Å². The Morgan fingerprint density at radius 1 is 1.56 bits per heavy atom. The van der Waals surface area contributed by atoms with Crippen LogP contribution in [-0.4, -0.2) is 37.2 Å². The van der Waals surface area contributed by atoms with E-state index in [1.54, 1.807) is 0 Å². The summed E-state index contributed by atoms with van der Waals surface area (Å²) >= 11 is 0. The van der Waals surface area contributed by atoms with Crippen LogP contribution in [0.4, 0.5) is 0 Å². The fourth-order valence-corrected chi connectivity index (χ4v) is 2.22. The minimum atomic E-state index is 0.141. The number of hydrogen-bond acceptors (Lipinski definition) is 3. The highest BCUT2D eigenvalue weighted by Crippen LogP contribution is 2.17. The fourth-order valence-electron chi connectivity index (χ4n) is 2.22. The highest BCUT2D eigenvalue weighted by Gasteiger charge is 2.15. The molecule has 0 aromatic carbocycles. The Morgan fingerprint density at radius 2 is 2.38 bits per heavy atom. The Labute approximate surface area is 99.4 Å². The molecule has 1 fully saturated rings. The third kappa shape index (κ3) is 4.96. The smallest absolute Gasteiger partial charge is 0.0666 e. The Hall–Kier alpha value is -0.590. The Morgan fingerprint density at radius 3 is 2.94 bits per heavy atom. The minimum Gasteiger partial charge on any atom is -0.378 e. The second-order valence-electron chi connectivity index (χ2n) is 4.70. The average molecular weight is 224 g/mol. The van der Waals surface area contributed by atoms with Crippen molar-refractivity contribution in [2.45, 2.75) is 45.6 Å². The van der Waals surface area contributed by atoms with Crippen LogP contribution in [0.1, 0.15) is 39.5 Å². The molecule has 16 heavy (non-hydrogen) atoms. The van der Waals surface area contributed by atoms with E-state index in [0.717, 1.165) is 26.2 Å².